The molecule has 0 heterocycles. The standard InChI is InChI=1S/C11H24N2O2/c1-8(2)10(7-15-5)13-9(3)6-11(14)12-4/h8-10,13H,6-7H2,1-5H3,(H,12,14). The molecule has 2 atom stereocenters. The summed E-state index contributed by atoms with van der Waals surface area (Å²) < 4.78 is 5.13. The molecule has 2 unspecified atom stereocenters. The molecule has 2 N–H and O–H groups in total. The number of nitrogens with one attached hydrogen (secondary N) is 2. The number of carbonyl (C=O) groups is 1. The molecular formula is C11H24N2O2. The third kappa shape index (κ3) is 6.47. The normalized spacial score (nSPS) is 15.1. The molecule has 4 nitrogen and oxygen atoms in total. The van der Waals surface area contributed by atoms with Crippen LogP contribution in [-0.2, 0) is 9.53 Å². The Morgan fingerprint density at radius 2 is 1.93 bits per heavy atom. The zero-order valence-corrected chi connectivity index (χ0v) is 10.5. The van der Waals surface area contributed by atoms with Gasteiger partial charge in [0, 0.05) is 32.7 Å². The predicted octanol–water partition coefficient (Wildman–Crippen LogP) is 0.772. The van der Waals surface area contributed by atoms with E-state index in [-0.39, 0.29) is 11.9 Å². The number of hydrogen-bond donors (Lipinski definition) is 2. The first kappa shape index (κ1) is 14.4. The average molecular weight is 216 g/mol. The predicted molar refractivity (Wildman–Crippen MR) is 61.8 cm³/mol. The average Bonchev–Trinajstić information content (AvgIpc) is 2.16. The maximum absolute atomic E-state index is 11.1. The molecule has 0 radical (unpaired) electrons. The monoisotopic (exact) mass is 216 g/mol. The number of amides is 1. The second kappa shape index (κ2) is 7.65. The van der Waals surface area contributed by atoms with Gasteiger partial charge in [-0.3, -0.25) is 4.79 Å². The summed E-state index contributed by atoms with van der Waals surface area (Å²) in [6.07, 6.45) is 0.503. The van der Waals surface area contributed by atoms with Gasteiger partial charge in [0.25, 0.3) is 0 Å². The van der Waals surface area contributed by atoms with Crippen LogP contribution in [0.25, 0.3) is 0 Å². The molecular weight excluding hydrogens is 192 g/mol. The molecule has 0 fully saturated rings. The van der Waals surface area contributed by atoms with E-state index in [1.807, 2.05) is 6.92 Å². The zero-order valence-electron chi connectivity index (χ0n) is 10.5. The molecule has 0 aliphatic rings. The summed E-state index contributed by atoms with van der Waals surface area (Å²) in [4.78, 5) is 11.1. The molecule has 1 amide bonds. The van der Waals surface area contributed by atoms with E-state index in [2.05, 4.69) is 24.5 Å². The van der Waals surface area contributed by atoms with Crippen molar-refractivity contribution in [2.45, 2.75) is 39.3 Å². The Kier molecular flexibility index (Phi) is 7.34. The number of ether oxygens (including phenoxy) is 1. The van der Waals surface area contributed by atoms with Gasteiger partial charge in [-0.25, -0.2) is 0 Å². The molecule has 0 bridgehead atoms. The lowest BCUT2D eigenvalue weighted by Crippen LogP contribution is -2.44. The smallest absolute Gasteiger partial charge is 0.221 e. The van der Waals surface area contributed by atoms with Gasteiger partial charge in [-0.15, -0.1) is 0 Å². The Morgan fingerprint density at radius 1 is 1.33 bits per heavy atom. The van der Waals surface area contributed by atoms with Gasteiger partial charge in [0.1, 0.15) is 0 Å². The molecule has 0 spiro atoms. The molecule has 0 saturated carbocycles. The van der Waals surface area contributed by atoms with E-state index in [0.29, 0.717) is 25.0 Å². The summed E-state index contributed by atoms with van der Waals surface area (Å²) in [5.74, 6) is 0.562. The largest absolute Gasteiger partial charge is 0.383 e. The van der Waals surface area contributed by atoms with Gasteiger partial charge in [-0.1, -0.05) is 13.8 Å². The summed E-state index contributed by atoms with van der Waals surface area (Å²) in [5.41, 5.74) is 0. The first-order valence-corrected chi connectivity index (χ1v) is 5.46. The van der Waals surface area contributed by atoms with E-state index in [1.54, 1.807) is 14.2 Å². The van der Waals surface area contributed by atoms with Crippen molar-refractivity contribution in [3.8, 4) is 0 Å². The van der Waals surface area contributed by atoms with Crippen LogP contribution in [0, 0.1) is 5.92 Å². The SMILES string of the molecule is CNC(=O)CC(C)NC(COC)C(C)C. The lowest BCUT2D eigenvalue weighted by molar-refractivity contribution is -0.121. The Balaban J connectivity index is 3.98. The fraction of sp³-hybridized carbons (Fsp3) is 0.909. The van der Waals surface area contributed by atoms with Crippen LogP contribution in [0.2, 0.25) is 0 Å². The fourth-order valence-corrected chi connectivity index (χ4v) is 1.42. The third-order valence-corrected chi connectivity index (χ3v) is 2.42. The van der Waals surface area contributed by atoms with Crippen molar-refractivity contribution in [1.29, 1.82) is 0 Å². The summed E-state index contributed by atoms with van der Waals surface area (Å²) in [6.45, 7) is 6.97. The van der Waals surface area contributed by atoms with Gasteiger partial charge in [0.05, 0.1) is 6.61 Å². The van der Waals surface area contributed by atoms with E-state index >= 15 is 0 Å². The van der Waals surface area contributed by atoms with Crippen LogP contribution in [0.5, 0.6) is 0 Å². The molecule has 4 heteroatoms. The zero-order chi connectivity index (χ0) is 11.8. The summed E-state index contributed by atoms with van der Waals surface area (Å²) >= 11 is 0. The maximum atomic E-state index is 11.1. The van der Waals surface area contributed by atoms with Crippen molar-refractivity contribution < 1.29 is 9.53 Å². The van der Waals surface area contributed by atoms with E-state index in [4.69, 9.17) is 4.74 Å². The number of methoxy groups -OCH3 is 1. The van der Waals surface area contributed by atoms with Gasteiger partial charge < -0.3 is 15.4 Å². The minimum atomic E-state index is 0.0647. The van der Waals surface area contributed by atoms with Crippen molar-refractivity contribution in [2.24, 2.45) is 5.92 Å². The molecule has 0 rings (SSSR count). The second-order valence-electron chi connectivity index (χ2n) is 4.25. The Morgan fingerprint density at radius 3 is 2.33 bits per heavy atom. The van der Waals surface area contributed by atoms with Crippen LogP contribution >= 0.6 is 0 Å². The van der Waals surface area contributed by atoms with Crippen LogP contribution in [0.3, 0.4) is 0 Å². The molecule has 90 valence electrons. The Bertz CT molecular complexity index is 183. The van der Waals surface area contributed by atoms with Crippen LogP contribution in [0.15, 0.2) is 0 Å². The van der Waals surface area contributed by atoms with Gasteiger partial charge in [0.2, 0.25) is 5.91 Å². The highest BCUT2D eigenvalue weighted by molar-refractivity contribution is 5.76. The molecule has 0 aromatic rings. The Hall–Kier alpha value is -0.610. The molecule has 15 heavy (non-hydrogen) atoms. The van der Waals surface area contributed by atoms with Crippen molar-refractivity contribution in [3.05, 3.63) is 0 Å². The summed E-state index contributed by atoms with van der Waals surface area (Å²) in [7, 11) is 3.35. The molecule has 0 aromatic carbocycles. The minimum absolute atomic E-state index is 0.0647. The van der Waals surface area contributed by atoms with Gasteiger partial charge >= 0.3 is 0 Å². The highest BCUT2D eigenvalue weighted by atomic mass is 16.5. The minimum Gasteiger partial charge on any atom is -0.383 e. The summed E-state index contributed by atoms with van der Waals surface area (Å²) in [6, 6.07) is 0.474. The number of carbonyl (C=O) groups excluding carboxylic acids is 1. The van der Waals surface area contributed by atoms with Crippen LogP contribution in [0.4, 0.5) is 0 Å². The van der Waals surface area contributed by atoms with Gasteiger partial charge in [0.15, 0.2) is 0 Å². The third-order valence-electron chi connectivity index (χ3n) is 2.42. The lowest BCUT2D eigenvalue weighted by atomic mass is 10.0. The highest BCUT2D eigenvalue weighted by Crippen LogP contribution is 2.04. The first-order chi connectivity index (χ1) is 7.01. The topological polar surface area (TPSA) is 50.4 Å². The van der Waals surface area contributed by atoms with Crippen LogP contribution < -0.4 is 10.6 Å². The number of hydrogen-bond acceptors (Lipinski definition) is 3. The molecule has 0 saturated heterocycles. The second-order valence-corrected chi connectivity index (χ2v) is 4.25. The maximum Gasteiger partial charge on any atom is 0.221 e. The number of rotatable bonds is 7. The fourth-order valence-electron chi connectivity index (χ4n) is 1.42. The first-order valence-electron chi connectivity index (χ1n) is 5.46. The molecule has 0 aromatic heterocycles. The van der Waals surface area contributed by atoms with E-state index in [9.17, 15) is 4.79 Å². The van der Waals surface area contributed by atoms with Crippen LogP contribution in [-0.4, -0.2) is 38.8 Å². The van der Waals surface area contributed by atoms with Crippen LogP contribution in [0.1, 0.15) is 27.2 Å². The van der Waals surface area contributed by atoms with Crippen molar-refractivity contribution in [2.75, 3.05) is 20.8 Å². The molecule has 0 aliphatic heterocycles. The quantitative estimate of drug-likeness (QED) is 0.661. The van der Waals surface area contributed by atoms with Crippen molar-refractivity contribution in [1.82, 2.24) is 10.6 Å². The van der Waals surface area contributed by atoms with Crippen molar-refractivity contribution >= 4 is 5.91 Å². The Labute approximate surface area is 92.8 Å². The van der Waals surface area contributed by atoms with E-state index < -0.39 is 0 Å². The van der Waals surface area contributed by atoms with Crippen molar-refractivity contribution in [3.63, 3.8) is 0 Å². The van der Waals surface area contributed by atoms with Gasteiger partial charge in [-0.2, -0.15) is 0 Å². The van der Waals surface area contributed by atoms with E-state index in [0.717, 1.165) is 0 Å². The van der Waals surface area contributed by atoms with E-state index in [1.165, 1.54) is 0 Å². The highest BCUT2D eigenvalue weighted by Gasteiger charge is 2.16. The lowest BCUT2D eigenvalue weighted by Gasteiger charge is -2.25. The molecule has 0 aliphatic carbocycles. The van der Waals surface area contributed by atoms with Gasteiger partial charge in [-0.05, 0) is 12.8 Å². The summed E-state index contributed by atoms with van der Waals surface area (Å²) in [5, 5.41) is 6.02.